The maximum Gasteiger partial charge on any atom is 0.0702 e. The van der Waals surface area contributed by atoms with Crippen molar-refractivity contribution in [2.75, 3.05) is 5.32 Å². The topological polar surface area (TPSA) is 24.9 Å². The predicted octanol–water partition coefficient (Wildman–Crippen LogP) is 5.26. The minimum absolute atomic E-state index is 0.710. The molecule has 0 fully saturated rings. The normalized spacial score (nSPS) is 10.7. The van der Waals surface area contributed by atoms with Crippen molar-refractivity contribution in [3.8, 4) is 0 Å². The van der Waals surface area contributed by atoms with Gasteiger partial charge in [-0.3, -0.25) is 4.98 Å². The van der Waals surface area contributed by atoms with E-state index >= 15 is 0 Å². The second kappa shape index (κ2) is 5.81. The molecule has 100 valence electrons. The summed E-state index contributed by atoms with van der Waals surface area (Å²) in [6, 6.07) is 16.1. The number of hydrogen-bond donors (Lipinski definition) is 1. The van der Waals surface area contributed by atoms with E-state index in [1.54, 1.807) is 0 Å². The van der Waals surface area contributed by atoms with Crippen LogP contribution in [0.3, 0.4) is 0 Å². The minimum atomic E-state index is 0.710. The second-order valence-corrected chi connectivity index (χ2v) is 5.83. The average Bonchev–Trinajstić information content (AvgIpc) is 2.46. The monoisotopic (exact) mass is 346 g/mol. The second-order valence-electron chi connectivity index (χ2n) is 4.51. The summed E-state index contributed by atoms with van der Waals surface area (Å²) in [6.07, 6.45) is 1.81. The first-order valence-electron chi connectivity index (χ1n) is 6.25. The Hall–Kier alpha value is -1.58. The molecule has 0 aliphatic carbocycles. The molecule has 0 spiro atoms. The van der Waals surface area contributed by atoms with E-state index in [4.69, 9.17) is 11.6 Å². The maximum absolute atomic E-state index is 6.19. The van der Waals surface area contributed by atoms with Gasteiger partial charge in [-0.2, -0.15) is 0 Å². The molecule has 0 atom stereocenters. The van der Waals surface area contributed by atoms with E-state index in [-0.39, 0.29) is 0 Å². The van der Waals surface area contributed by atoms with Crippen LogP contribution in [-0.4, -0.2) is 4.98 Å². The van der Waals surface area contributed by atoms with E-state index < -0.39 is 0 Å². The summed E-state index contributed by atoms with van der Waals surface area (Å²) in [5, 5.41) is 5.20. The molecule has 1 N–H and O–H groups in total. The molecule has 0 aliphatic heterocycles. The van der Waals surface area contributed by atoms with Gasteiger partial charge >= 0.3 is 0 Å². The smallest absolute Gasteiger partial charge is 0.0702 e. The van der Waals surface area contributed by atoms with Crippen molar-refractivity contribution in [1.82, 2.24) is 4.98 Å². The molecule has 0 radical (unpaired) electrons. The van der Waals surface area contributed by atoms with E-state index in [1.807, 2.05) is 36.5 Å². The zero-order chi connectivity index (χ0) is 13.9. The van der Waals surface area contributed by atoms with Crippen molar-refractivity contribution >= 4 is 44.1 Å². The summed E-state index contributed by atoms with van der Waals surface area (Å²) in [5.41, 5.74) is 3.14. The molecule has 0 amide bonds. The zero-order valence-electron chi connectivity index (χ0n) is 10.6. The molecule has 3 rings (SSSR count). The van der Waals surface area contributed by atoms with Crippen LogP contribution in [0, 0.1) is 0 Å². The van der Waals surface area contributed by atoms with Gasteiger partial charge in [-0.05, 0) is 42.0 Å². The highest BCUT2D eigenvalue weighted by atomic mass is 79.9. The predicted molar refractivity (Wildman–Crippen MR) is 88.2 cm³/mol. The number of benzene rings is 2. The van der Waals surface area contributed by atoms with Crippen LogP contribution in [0.4, 0.5) is 5.69 Å². The lowest BCUT2D eigenvalue weighted by Gasteiger charge is -2.09. The fourth-order valence-electron chi connectivity index (χ4n) is 2.07. The van der Waals surface area contributed by atoms with Crippen LogP contribution in [0.1, 0.15) is 5.56 Å². The molecular weight excluding hydrogens is 336 g/mol. The van der Waals surface area contributed by atoms with Gasteiger partial charge in [-0.15, -0.1) is 0 Å². The Balaban J connectivity index is 1.79. The van der Waals surface area contributed by atoms with Crippen molar-refractivity contribution < 1.29 is 0 Å². The molecule has 1 aromatic heterocycles. The lowest BCUT2D eigenvalue weighted by atomic mass is 10.1. The van der Waals surface area contributed by atoms with E-state index in [1.165, 1.54) is 5.56 Å². The van der Waals surface area contributed by atoms with Gasteiger partial charge < -0.3 is 5.32 Å². The third kappa shape index (κ3) is 2.94. The van der Waals surface area contributed by atoms with E-state index in [9.17, 15) is 0 Å². The summed E-state index contributed by atoms with van der Waals surface area (Å²) in [5.74, 6) is 0. The molecule has 3 aromatic rings. The fraction of sp³-hybridized carbons (Fsp3) is 0.0625. The largest absolute Gasteiger partial charge is 0.380 e. The van der Waals surface area contributed by atoms with Gasteiger partial charge in [0.25, 0.3) is 0 Å². The van der Waals surface area contributed by atoms with Crippen molar-refractivity contribution in [2.24, 2.45) is 0 Å². The minimum Gasteiger partial charge on any atom is -0.380 e. The van der Waals surface area contributed by atoms with Crippen LogP contribution in [0.2, 0.25) is 5.02 Å². The first-order valence-corrected chi connectivity index (χ1v) is 7.42. The molecule has 0 saturated heterocycles. The molecule has 0 saturated carbocycles. The van der Waals surface area contributed by atoms with Crippen LogP contribution in [-0.2, 0) is 6.54 Å². The Labute approximate surface area is 130 Å². The Morgan fingerprint density at radius 3 is 2.85 bits per heavy atom. The number of pyridine rings is 1. The summed E-state index contributed by atoms with van der Waals surface area (Å²) in [4.78, 5) is 4.32. The van der Waals surface area contributed by atoms with Gasteiger partial charge in [0.15, 0.2) is 0 Å². The van der Waals surface area contributed by atoms with E-state index in [0.29, 0.717) is 5.02 Å². The molecule has 2 nitrogen and oxygen atoms in total. The van der Waals surface area contributed by atoms with Crippen molar-refractivity contribution in [2.45, 2.75) is 6.54 Å². The Morgan fingerprint density at radius 1 is 1.10 bits per heavy atom. The van der Waals surface area contributed by atoms with E-state index in [0.717, 1.165) is 27.6 Å². The third-order valence-corrected chi connectivity index (χ3v) is 3.89. The van der Waals surface area contributed by atoms with Gasteiger partial charge in [0.05, 0.1) is 16.2 Å². The number of nitrogens with one attached hydrogen (secondary N) is 1. The number of halogens is 2. The fourth-order valence-corrected chi connectivity index (χ4v) is 2.81. The summed E-state index contributed by atoms with van der Waals surface area (Å²) in [7, 11) is 0. The first-order chi connectivity index (χ1) is 9.72. The van der Waals surface area contributed by atoms with Crippen molar-refractivity contribution in [1.29, 1.82) is 0 Å². The molecule has 0 aliphatic rings. The third-order valence-electron chi connectivity index (χ3n) is 3.08. The highest BCUT2D eigenvalue weighted by molar-refractivity contribution is 9.10. The molecule has 0 bridgehead atoms. The highest BCUT2D eigenvalue weighted by Gasteiger charge is 2.01. The van der Waals surface area contributed by atoms with Crippen molar-refractivity contribution in [3.63, 3.8) is 0 Å². The molecular formula is C16H12BrClN2. The lowest BCUT2D eigenvalue weighted by Crippen LogP contribution is -2.00. The van der Waals surface area contributed by atoms with Crippen LogP contribution >= 0.6 is 27.5 Å². The average molecular weight is 348 g/mol. The Morgan fingerprint density at radius 2 is 2.00 bits per heavy atom. The summed E-state index contributed by atoms with van der Waals surface area (Å²) >= 11 is 9.59. The molecule has 0 unspecified atom stereocenters. The molecule has 1 heterocycles. The molecule has 2 aromatic carbocycles. The SMILES string of the molecule is Clc1cc(Br)ccc1NCc1ccc2ncccc2c1. The summed E-state index contributed by atoms with van der Waals surface area (Å²) in [6.45, 7) is 0.728. The quantitative estimate of drug-likeness (QED) is 0.699. The van der Waals surface area contributed by atoms with Crippen LogP contribution in [0.15, 0.2) is 59.2 Å². The lowest BCUT2D eigenvalue weighted by molar-refractivity contribution is 1.15. The summed E-state index contributed by atoms with van der Waals surface area (Å²) < 4.78 is 0.977. The molecule has 4 heteroatoms. The first kappa shape index (κ1) is 13.4. The highest BCUT2D eigenvalue weighted by Crippen LogP contribution is 2.26. The molecule has 20 heavy (non-hydrogen) atoms. The zero-order valence-corrected chi connectivity index (χ0v) is 12.9. The standard InChI is InChI=1S/C16H12BrClN2/c17-13-4-6-16(14(18)9-13)20-10-11-3-5-15-12(8-11)2-1-7-19-15/h1-9,20H,10H2. The van der Waals surface area contributed by atoms with Gasteiger partial charge in [0.1, 0.15) is 0 Å². The number of rotatable bonds is 3. The number of aromatic nitrogens is 1. The number of anilines is 1. The Bertz CT molecular complexity index is 758. The number of hydrogen-bond acceptors (Lipinski definition) is 2. The van der Waals surface area contributed by atoms with E-state index in [2.05, 4.69) is 44.4 Å². The van der Waals surface area contributed by atoms with Gasteiger partial charge in [0.2, 0.25) is 0 Å². The number of fused-ring (bicyclic) bond motifs is 1. The Kier molecular flexibility index (Phi) is 3.90. The van der Waals surface area contributed by atoms with Gasteiger partial charge in [-0.25, -0.2) is 0 Å². The van der Waals surface area contributed by atoms with Gasteiger partial charge in [-0.1, -0.05) is 39.7 Å². The van der Waals surface area contributed by atoms with Crippen LogP contribution < -0.4 is 5.32 Å². The van der Waals surface area contributed by atoms with Crippen molar-refractivity contribution in [3.05, 3.63) is 69.8 Å². The number of nitrogens with zero attached hydrogens (tertiary/aromatic N) is 1. The van der Waals surface area contributed by atoms with Gasteiger partial charge in [0, 0.05) is 22.6 Å². The maximum atomic E-state index is 6.19. The van der Waals surface area contributed by atoms with Crippen LogP contribution in [0.25, 0.3) is 10.9 Å². The van der Waals surface area contributed by atoms with Crippen LogP contribution in [0.5, 0.6) is 0 Å².